The van der Waals surface area contributed by atoms with Crippen LogP contribution in [0.15, 0.2) is 0 Å². The Morgan fingerprint density at radius 2 is 1.80 bits per heavy atom. The second-order valence-electron chi connectivity index (χ2n) is 3.50. The molecule has 0 aromatic rings. The molecular formula is C8H15F3N2O2. The van der Waals surface area contributed by atoms with Crippen molar-refractivity contribution in [3.05, 3.63) is 0 Å². The fourth-order valence-electron chi connectivity index (χ4n) is 1.21. The molecule has 0 saturated carbocycles. The van der Waals surface area contributed by atoms with Crippen molar-refractivity contribution in [1.29, 1.82) is 0 Å². The lowest BCUT2D eigenvalue weighted by Gasteiger charge is -2.25. The van der Waals surface area contributed by atoms with Crippen LogP contribution in [-0.4, -0.2) is 29.3 Å². The van der Waals surface area contributed by atoms with Gasteiger partial charge in [-0.05, 0) is 25.8 Å². The highest BCUT2D eigenvalue weighted by Gasteiger charge is 2.44. The molecule has 0 aliphatic rings. The number of alkyl halides is 3. The molecule has 0 aliphatic heterocycles. The van der Waals surface area contributed by atoms with Gasteiger partial charge in [0.1, 0.15) is 5.54 Å². The lowest BCUT2D eigenvalue weighted by Crippen LogP contribution is -2.51. The maximum absolute atomic E-state index is 12.1. The van der Waals surface area contributed by atoms with E-state index < -0.39 is 24.1 Å². The maximum atomic E-state index is 12.1. The fourth-order valence-corrected chi connectivity index (χ4v) is 1.21. The summed E-state index contributed by atoms with van der Waals surface area (Å²) in [7, 11) is 0. The van der Waals surface area contributed by atoms with E-state index in [9.17, 15) is 18.0 Å². The smallest absolute Gasteiger partial charge is 0.391 e. The quantitative estimate of drug-likeness (QED) is 0.588. The molecule has 0 rings (SSSR count). The normalized spacial score (nSPS) is 16.1. The number of carbonyl (C=O) groups is 1. The third-order valence-electron chi connectivity index (χ3n) is 2.02. The number of unbranched alkanes of at least 4 members (excludes halogenated alkanes) is 1. The Labute approximate surface area is 85.4 Å². The molecule has 7 heteroatoms. The first kappa shape index (κ1) is 14.2. The molecule has 0 spiro atoms. The molecule has 5 N–H and O–H groups in total. The molecule has 0 unspecified atom stereocenters. The van der Waals surface area contributed by atoms with Gasteiger partial charge in [0, 0.05) is 0 Å². The molecule has 0 aromatic heterocycles. The van der Waals surface area contributed by atoms with E-state index >= 15 is 0 Å². The van der Waals surface area contributed by atoms with Crippen LogP contribution in [0.2, 0.25) is 0 Å². The van der Waals surface area contributed by atoms with Crippen molar-refractivity contribution in [2.45, 2.75) is 37.4 Å². The molecule has 0 aliphatic carbocycles. The Kier molecular flexibility index (Phi) is 5.02. The van der Waals surface area contributed by atoms with Crippen LogP contribution >= 0.6 is 0 Å². The molecule has 0 bridgehead atoms. The number of aliphatic carboxylic acids is 1. The predicted octanol–water partition coefficient (Wildman–Crippen LogP) is 0.850. The molecule has 0 fully saturated rings. The van der Waals surface area contributed by atoms with E-state index in [2.05, 4.69) is 0 Å². The second-order valence-corrected chi connectivity index (χ2v) is 3.50. The molecule has 0 aromatic carbocycles. The number of rotatable bonds is 6. The van der Waals surface area contributed by atoms with Gasteiger partial charge in [-0.25, -0.2) is 0 Å². The minimum atomic E-state index is -4.57. The average molecular weight is 228 g/mol. The number of hydrogen-bond acceptors (Lipinski definition) is 3. The van der Waals surface area contributed by atoms with Crippen LogP contribution in [0.1, 0.15) is 25.7 Å². The molecule has 4 nitrogen and oxygen atoms in total. The van der Waals surface area contributed by atoms with Crippen LogP contribution in [0.3, 0.4) is 0 Å². The molecule has 0 heterocycles. The summed E-state index contributed by atoms with van der Waals surface area (Å²) in [4.78, 5) is 10.6. The zero-order valence-corrected chi connectivity index (χ0v) is 8.18. The summed E-state index contributed by atoms with van der Waals surface area (Å²) in [5.41, 5.74) is 8.13. The van der Waals surface area contributed by atoms with E-state index in [-0.39, 0.29) is 12.8 Å². The standard InChI is InChI=1S/C8H15F3N2O2/c9-8(10,11)5-7(13,6(14)15)3-1-2-4-12/h1-5,12-13H2,(H,14,15)/t7-/m1/s1. The fraction of sp³-hybridized carbons (Fsp3) is 0.875. The molecule has 1 atom stereocenters. The Hall–Kier alpha value is -0.820. The van der Waals surface area contributed by atoms with Gasteiger partial charge >= 0.3 is 12.1 Å². The lowest BCUT2D eigenvalue weighted by atomic mass is 9.90. The third kappa shape index (κ3) is 5.58. The molecular weight excluding hydrogens is 213 g/mol. The Morgan fingerprint density at radius 3 is 2.13 bits per heavy atom. The number of carboxylic acids is 1. The monoisotopic (exact) mass is 228 g/mol. The van der Waals surface area contributed by atoms with Gasteiger partial charge in [0.05, 0.1) is 6.42 Å². The van der Waals surface area contributed by atoms with Crippen LogP contribution in [0.4, 0.5) is 13.2 Å². The highest BCUT2D eigenvalue weighted by atomic mass is 19.4. The SMILES string of the molecule is NCCCC[C@@](N)(CC(F)(F)F)C(=O)O. The first-order valence-corrected chi connectivity index (χ1v) is 4.50. The van der Waals surface area contributed by atoms with Gasteiger partial charge in [-0.15, -0.1) is 0 Å². The topological polar surface area (TPSA) is 89.3 Å². The zero-order chi connectivity index (χ0) is 12.1. The van der Waals surface area contributed by atoms with Gasteiger partial charge < -0.3 is 16.6 Å². The van der Waals surface area contributed by atoms with Crippen molar-refractivity contribution in [1.82, 2.24) is 0 Å². The Balaban J connectivity index is 4.39. The summed E-state index contributed by atoms with van der Waals surface area (Å²) >= 11 is 0. The molecule has 0 amide bonds. The second kappa shape index (κ2) is 5.32. The summed E-state index contributed by atoms with van der Waals surface area (Å²) in [6.45, 7) is 0.307. The van der Waals surface area contributed by atoms with E-state index in [4.69, 9.17) is 16.6 Å². The van der Waals surface area contributed by atoms with Gasteiger partial charge in [-0.1, -0.05) is 0 Å². The third-order valence-corrected chi connectivity index (χ3v) is 2.02. The van der Waals surface area contributed by atoms with Gasteiger partial charge in [0.25, 0.3) is 0 Å². The van der Waals surface area contributed by atoms with Crippen LogP contribution in [0.25, 0.3) is 0 Å². The van der Waals surface area contributed by atoms with Crippen LogP contribution in [0, 0.1) is 0 Å². The summed E-state index contributed by atoms with van der Waals surface area (Å²) in [6, 6.07) is 0. The summed E-state index contributed by atoms with van der Waals surface area (Å²) in [5, 5.41) is 8.64. The minimum Gasteiger partial charge on any atom is -0.480 e. The summed E-state index contributed by atoms with van der Waals surface area (Å²) in [5.74, 6) is -1.63. The van der Waals surface area contributed by atoms with Crippen molar-refractivity contribution < 1.29 is 23.1 Å². The molecule has 0 radical (unpaired) electrons. The molecule has 15 heavy (non-hydrogen) atoms. The number of hydrogen-bond donors (Lipinski definition) is 3. The van der Waals surface area contributed by atoms with E-state index in [1.807, 2.05) is 0 Å². The highest BCUT2D eigenvalue weighted by molar-refractivity contribution is 5.78. The van der Waals surface area contributed by atoms with Crippen LogP contribution < -0.4 is 11.5 Å². The largest absolute Gasteiger partial charge is 0.480 e. The lowest BCUT2D eigenvalue weighted by molar-refractivity contribution is -0.167. The van der Waals surface area contributed by atoms with Crippen LogP contribution in [-0.2, 0) is 4.79 Å². The Morgan fingerprint density at radius 1 is 1.27 bits per heavy atom. The average Bonchev–Trinajstić information content (AvgIpc) is 2.01. The van der Waals surface area contributed by atoms with Crippen molar-refractivity contribution >= 4 is 5.97 Å². The van der Waals surface area contributed by atoms with E-state index in [1.165, 1.54) is 0 Å². The van der Waals surface area contributed by atoms with E-state index in [0.29, 0.717) is 13.0 Å². The van der Waals surface area contributed by atoms with E-state index in [1.54, 1.807) is 0 Å². The maximum Gasteiger partial charge on any atom is 0.391 e. The van der Waals surface area contributed by atoms with Gasteiger partial charge in [-0.3, -0.25) is 4.79 Å². The van der Waals surface area contributed by atoms with Gasteiger partial charge in [0.2, 0.25) is 0 Å². The number of halogens is 3. The van der Waals surface area contributed by atoms with Crippen molar-refractivity contribution in [3.8, 4) is 0 Å². The van der Waals surface area contributed by atoms with Crippen molar-refractivity contribution in [3.63, 3.8) is 0 Å². The minimum absolute atomic E-state index is 0.223. The number of nitrogens with two attached hydrogens (primary N) is 2. The highest BCUT2D eigenvalue weighted by Crippen LogP contribution is 2.29. The van der Waals surface area contributed by atoms with Gasteiger partial charge in [0.15, 0.2) is 0 Å². The number of carboxylic acid groups (broad SMARTS) is 1. The summed E-state index contributed by atoms with van der Waals surface area (Å²) in [6.07, 6.45) is -5.58. The van der Waals surface area contributed by atoms with Crippen molar-refractivity contribution in [2.24, 2.45) is 11.5 Å². The molecule has 0 saturated heterocycles. The predicted molar refractivity (Wildman–Crippen MR) is 48.1 cm³/mol. The first-order valence-electron chi connectivity index (χ1n) is 4.50. The summed E-state index contributed by atoms with van der Waals surface area (Å²) < 4.78 is 36.2. The van der Waals surface area contributed by atoms with Gasteiger partial charge in [-0.2, -0.15) is 13.2 Å². The molecule has 90 valence electrons. The zero-order valence-electron chi connectivity index (χ0n) is 8.18. The van der Waals surface area contributed by atoms with Crippen LogP contribution in [0.5, 0.6) is 0 Å². The van der Waals surface area contributed by atoms with E-state index in [0.717, 1.165) is 0 Å². The first-order chi connectivity index (χ1) is 6.71. The Bertz CT molecular complexity index is 220. The van der Waals surface area contributed by atoms with Crippen molar-refractivity contribution in [2.75, 3.05) is 6.54 Å².